The van der Waals surface area contributed by atoms with Crippen molar-refractivity contribution >= 4 is 34.9 Å². The van der Waals surface area contributed by atoms with E-state index in [0.717, 1.165) is 4.68 Å². The van der Waals surface area contributed by atoms with Crippen LogP contribution in [0, 0.1) is 0 Å². The normalized spacial score (nSPS) is 19.3. The van der Waals surface area contributed by atoms with Gasteiger partial charge >= 0.3 is 6.18 Å². The minimum absolute atomic E-state index is 0.0602. The monoisotopic (exact) mass is 420 g/mol. The second kappa shape index (κ2) is 7.59. The molecule has 3 rings (SSSR count). The number of carbonyl (C=O) groups excluding carboxylic acids is 1. The largest absolute Gasteiger partial charge is 0.410 e. The van der Waals surface area contributed by atoms with Gasteiger partial charge in [0.2, 0.25) is 0 Å². The van der Waals surface area contributed by atoms with Gasteiger partial charge in [0.25, 0.3) is 5.91 Å². The molecule has 2 atom stereocenters. The molecule has 0 aliphatic carbocycles. The molecule has 1 amide bonds. The molecule has 2 N–H and O–H groups in total. The first-order chi connectivity index (χ1) is 12.7. The average Bonchev–Trinajstić information content (AvgIpc) is 3.04. The molecule has 146 valence electrons. The molecule has 1 aliphatic rings. The summed E-state index contributed by atoms with van der Waals surface area (Å²) in [6.07, 6.45) is -4.09. The van der Waals surface area contributed by atoms with Crippen molar-refractivity contribution in [2.45, 2.75) is 38.0 Å². The van der Waals surface area contributed by atoms with Crippen LogP contribution in [0.15, 0.2) is 24.3 Å². The van der Waals surface area contributed by atoms with Gasteiger partial charge in [-0.25, -0.2) is 4.68 Å². The number of rotatable bonds is 4. The lowest BCUT2D eigenvalue weighted by molar-refractivity contribution is -0.173. The quantitative estimate of drug-likeness (QED) is 0.732. The highest BCUT2D eigenvalue weighted by Crippen LogP contribution is 2.44. The molecule has 0 fully saturated rings. The fraction of sp³-hybridized carbons (Fsp3) is 0.412. The van der Waals surface area contributed by atoms with E-state index in [2.05, 4.69) is 15.7 Å². The van der Waals surface area contributed by atoms with Crippen molar-refractivity contribution in [2.24, 2.45) is 0 Å². The number of aromatic nitrogens is 2. The van der Waals surface area contributed by atoms with Gasteiger partial charge in [-0.2, -0.15) is 18.3 Å². The first-order valence-corrected chi connectivity index (χ1v) is 9.12. The molecule has 2 unspecified atom stereocenters. The zero-order chi connectivity index (χ0) is 19.8. The molecule has 0 radical (unpaired) electrons. The summed E-state index contributed by atoms with van der Waals surface area (Å²) in [7, 11) is 0. The molecule has 1 aromatic carbocycles. The molecule has 10 heteroatoms. The van der Waals surface area contributed by atoms with Gasteiger partial charge in [-0.15, -0.1) is 0 Å². The number of fused-ring (bicyclic) bond motifs is 1. The van der Waals surface area contributed by atoms with Gasteiger partial charge in [0.05, 0.1) is 16.1 Å². The number of amides is 1. The maximum Gasteiger partial charge on any atom is 0.410 e. The third-order valence-electron chi connectivity index (χ3n) is 4.30. The number of halogens is 5. The van der Waals surface area contributed by atoms with Crippen LogP contribution in [0.25, 0.3) is 0 Å². The van der Waals surface area contributed by atoms with Crippen LogP contribution in [0.3, 0.4) is 0 Å². The van der Waals surface area contributed by atoms with Crippen molar-refractivity contribution in [1.82, 2.24) is 15.1 Å². The Morgan fingerprint density at radius 2 is 2.07 bits per heavy atom. The van der Waals surface area contributed by atoms with Crippen molar-refractivity contribution < 1.29 is 18.0 Å². The van der Waals surface area contributed by atoms with Crippen molar-refractivity contribution in [3.05, 3.63) is 45.6 Å². The van der Waals surface area contributed by atoms with Gasteiger partial charge in [-0.3, -0.25) is 4.79 Å². The van der Waals surface area contributed by atoms with Gasteiger partial charge in [0, 0.05) is 19.0 Å². The van der Waals surface area contributed by atoms with E-state index in [9.17, 15) is 18.0 Å². The van der Waals surface area contributed by atoms with E-state index in [1.54, 1.807) is 12.1 Å². The number of nitrogens with one attached hydrogen (secondary N) is 2. The van der Waals surface area contributed by atoms with Crippen LogP contribution < -0.4 is 10.6 Å². The standard InChI is InChI=1S/C17H17Cl2F3N4O/c1-2-5-23-16(27)13-8-15-24-12(9-3-4-10(18)11(19)6-9)7-14(17(20,21)22)26(15)25-13/h3-4,6,8,12,14,24H,2,5,7H2,1H3,(H,23,27). The summed E-state index contributed by atoms with van der Waals surface area (Å²) in [5.41, 5.74) is 0.512. The van der Waals surface area contributed by atoms with E-state index in [1.165, 1.54) is 12.1 Å². The molecule has 2 heterocycles. The van der Waals surface area contributed by atoms with Crippen LogP contribution >= 0.6 is 23.2 Å². The lowest BCUT2D eigenvalue weighted by Gasteiger charge is -2.33. The van der Waals surface area contributed by atoms with E-state index >= 15 is 0 Å². The van der Waals surface area contributed by atoms with Crippen LogP contribution in [-0.2, 0) is 0 Å². The van der Waals surface area contributed by atoms with Gasteiger partial charge in [0.15, 0.2) is 11.7 Å². The molecule has 0 bridgehead atoms. The number of hydrogen-bond donors (Lipinski definition) is 2. The Bertz CT molecular complexity index is 853. The SMILES string of the molecule is CCCNC(=O)c1cc2n(n1)C(C(F)(F)F)CC(c1ccc(Cl)c(Cl)c1)N2. The molecule has 2 aromatic rings. The number of carbonyl (C=O) groups is 1. The molecule has 27 heavy (non-hydrogen) atoms. The predicted octanol–water partition coefficient (Wildman–Crippen LogP) is 4.99. The number of nitrogens with zero attached hydrogens (tertiary/aromatic N) is 2. The second-order valence-electron chi connectivity index (χ2n) is 6.28. The molecule has 0 saturated carbocycles. The lowest BCUT2D eigenvalue weighted by Crippen LogP contribution is -2.35. The summed E-state index contributed by atoms with van der Waals surface area (Å²) in [6, 6.07) is 3.52. The summed E-state index contributed by atoms with van der Waals surface area (Å²) < 4.78 is 41.7. The summed E-state index contributed by atoms with van der Waals surface area (Å²) >= 11 is 11.9. The number of benzene rings is 1. The second-order valence-corrected chi connectivity index (χ2v) is 7.09. The molecular weight excluding hydrogens is 404 g/mol. The summed E-state index contributed by atoms with van der Waals surface area (Å²) in [6.45, 7) is 2.30. The zero-order valence-corrected chi connectivity index (χ0v) is 15.8. The molecule has 1 aromatic heterocycles. The minimum atomic E-state index is -4.52. The first-order valence-electron chi connectivity index (χ1n) is 8.36. The Hall–Kier alpha value is -1.93. The van der Waals surface area contributed by atoms with E-state index in [1.807, 2.05) is 6.92 Å². The fourth-order valence-electron chi connectivity index (χ4n) is 2.96. The lowest BCUT2D eigenvalue weighted by atomic mass is 9.97. The maximum atomic E-state index is 13.6. The molecule has 0 spiro atoms. The molecule has 1 aliphatic heterocycles. The van der Waals surface area contributed by atoms with Gasteiger partial charge < -0.3 is 10.6 Å². The third-order valence-corrected chi connectivity index (χ3v) is 5.04. The van der Waals surface area contributed by atoms with E-state index < -0.39 is 24.2 Å². The highest BCUT2D eigenvalue weighted by Gasteiger charge is 2.46. The van der Waals surface area contributed by atoms with E-state index in [4.69, 9.17) is 23.2 Å². The van der Waals surface area contributed by atoms with Gasteiger partial charge in [-0.1, -0.05) is 36.2 Å². The Morgan fingerprint density at radius 1 is 1.33 bits per heavy atom. The van der Waals surface area contributed by atoms with Crippen LogP contribution in [0.5, 0.6) is 0 Å². The topological polar surface area (TPSA) is 59.0 Å². The average molecular weight is 421 g/mol. The first kappa shape index (κ1) is 19.8. The number of hydrogen-bond acceptors (Lipinski definition) is 3. The van der Waals surface area contributed by atoms with E-state index in [-0.39, 0.29) is 23.0 Å². The Morgan fingerprint density at radius 3 is 2.70 bits per heavy atom. The van der Waals surface area contributed by atoms with E-state index in [0.29, 0.717) is 23.6 Å². The van der Waals surface area contributed by atoms with Crippen LogP contribution in [-0.4, -0.2) is 28.4 Å². The van der Waals surface area contributed by atoms with Crippen LogP contribution in [0.2, 0.25) is 10.0 Å². The van der Waals surface area contributed by atoms with Crippen molar-refractivity contribution in [2.75, 3.05) is 11.9 Å². The van der Waals surface area contributed by atoms with Crippen LogP contribution in [0.1, 0.15) is 47.9 Å². The minimum Gasteiger partial charge on any atom is -0.363 e. The molecular formula is C17H17Cl2F3N4O. The highest BCUT2D eigenvalue weighted by atomic mass is 35.5. The third kappa shape index (κ3) is 4.16. The van der Waals surface area contributed by atoms with Crippen molar-refractivity contribution in [3.8, 4) is 0 Å². The summed E-state index contributed by atoms with van der Waals surface area (Å²) in [5.74, 6) is -0.381. The Balaban J connectivity index is 1.95. The van der Waals surface area contributed by atoms with Crippen molar-refractivity contribution in [3.63, 3.8) is 0 Å². The number of anilines is 1. The highest BCUT2D eigenvalue weighted by molar-refractivity contribution is 6.42. The Labute approximate surface area is 163 Å². The zero-order valence-electron chi connectivity index (χ0n) is 14.3. The molecule has 5 nitrogen and oxygen atoms in total. The van der Waals surface area contributed by atoms with Gasteiger partial charge in [-0.05, 0) is 24.1 Å². The molecule has 0 saturated heterocycles. The summed E-state index contributed by atoms with van der Waals surface area (Å²) in [4.78, 5) is 12.1. The number of alkyl halides is 3. The van der Waals surface area contributed by atoms with Gasteiger partial charge in [0.1, 0.15) is 5.82 Å². The maximum absolute atomic E-state index is 13.6. The van der Waals surface area contributed by atoms with Crippen molar-refractivity contribution in [1.29, 1.82) is 0 Å². The fourth-order valence-corrected chi connectivity index (χ4v) is 3.27. The van der Waals surface area contributed by atoms with Crippen LogP contribution in [0.4, 0.5) is 19.0 Å². The smallest absolute Gasteiger partial charge is 0.363 e. The predicted molar refractivity (Wildman–Crippen MR) is 97.4 cm³/mol. The Kier molecular flexibility index (Phi) is 5.58. The summed E-state index contributed by atoms with van der Waals surface area (Å²) in [5, 5.41) is 10.1.